The number of carbonyl (C=O) groups excluding carboxylic acids is 4. The number of unbranched alkanes of at least 4 members (excludes halogenated alkanes) is 23. The van der Waals surface area contributed by atoms with Gasteiger partial charge in [-0.15, -0.1) is 0 Å². The Morgan fingerprint density at radius 2 is 0.600 bits per heavy atom. The molecule has 0 bridgehead atoms. The third-order valence-electron chi connectivity index (χ3n) is 14.2. The molecule has 0 aromatic rings. The van der Waals surface area contributed by atoms with Crippen LogP contribution in [0.25, 0.3) is 0 Å². The van der Waals surface area contributed by atoms with Crippen LogP contribution in [-0.2, 0) is 65.4 Å². The van der Waals surface area contributed by atoms with Crippen molar-refractivity contribution in [2.75, 3.05) is 39.6 Å². The van der Waals surface area contributed by atoms with E-state index in [4.69, 9.17) is 37.0 Å². The van der Waals surface area contributed by atoms with E-state index in [9.17, 15) is 43.2 Å². The van der Waals surface area contributed by atoms with Gasteiger partial charge in [-0.1, -0.05) is 235 Å². The van der Waals surface area contributed by atoms with Crippen LogP contribution >= 0.6 is 15.6 Å². The Labute approximate surface area is 486 Å². The van der Waals surface area contributed by atoms with Gasteiger partial charge in [0.2, 0.25) is 0 Å². The number of rotatable bonds is 58. The summed E-state index contributed by atoms with van der Waals surface area (Å²) in [5.41, 5.74) is 0. The first-order valence-electron chi connectivity index (χ1n) is 31.7. The van der Waals surface area contributed by atoms with Crippen LogP contribution in [-0.4, -0.2) is 96.7 Å². The molecule has 0 aliphatic heterocycles. The lowest BCUT2D eigenvalue weighted by molar-refractivity contribution is -0.161. The summed E-state index contributed by atoms with van der Waals surface area (Å²) in [4.78, 5) is 72.0. The zero-order chi connectivity index (χ0) is 59.7. The minimum Gasteiger partial charge on any atom is -0.462 e. The minimum atomic E-state index is -4.94. The van der Waals surface area contributed by atoms with Gasteiger partial charge >= 0.3 is 39.5 Å². The molecule has 0 amide bonds. The van der Waals surface area contributed by atoms with Crippen molar-refractivity contribution in [2.45, 2.75) is 305 Å². The summed E-state index contributed by atoms with van der Waals surface area (Å²) in [5, 5.41) is 10.5. The molecule has 0 fully saturated rings. The van der Waals surface area contributed by atoms with Crippen molar-refractivity contribution < 1.29 is 80.2 Å². The number of aliphatic hydroxyl groups is 1. The Morgan fingerprint density at radius 3 is 0.887 bits per heavy atom. The van der Waals surface area contributed by atoms with Gasteiger partial charge in [0.25, 0.3) is 0 Å². The fourth-order valence-corrected chi connectivity index (χ4v) is 10.4. The molecule has 0 heterocycles. The SMILES string of the molecule is CCC(C)CCCCCCCCC(=O)OC[C@H](COP(=O)(O)OC[C@H](O)COP(=O)(O)OC[C@@H](COC(=O)CCCCCCCCC(C)C)OC(=O)CCCCCCCCCC(C)C)OC(=O)CCCCCCCCCCC(C)C. The smallest absolute Gasteiger partial charge is 0.462 e. The van der Waals surface area contributed by atoms with Gasteiger partial charge in [-0.05, 0) is 49.4 Å². The predicted molar refractivity (Wildman–Crippen MR) is 317 cm³/mol. The standard InChI is InChI=1S/C61H118O17P2/c1-9-54(8)40-32-24-18-20-26-34-42-59(64)72-48-56(77-60(65)43-35-27-15-11-10-13-21-29-37-51(2)3)49-75-79(67,68)73-45-55(62)46-74-80(69,70)76-50-57(47-71-58(63)41-33-25-19-17-23-31-39-53(6)7)78-61(66)44-36-28-16-12-14-22-30-38-52(4)5/h51-57,62H,9-50H2,1-8H3,(H,67,68)(H,69,70)/t54?,55-,56+,57+/m0/s1. The largest absolute Gasteiger partial charge is 0.472 e. The summed E-state index contributed by atoms with van der Waals surface area (Å²) in [6, 6.07) is 0. The molecule has 0 spiro atoms. The first-order valence-corrected chi connectivity index (χ1v) is 34.7. The third kappa shape index (κ3) is 54.0. The molecule has 80 heavy (non-hydrogen) atoms. The number of esters is 4. The van der Waals surface area contributed by atoms with E-state index >= 15 is 0 Å². The van der Waals surface area contributed by atoms with E-state index in [2.05, 4.69) is 55.4 Å². The number of phosphoric acid groups is 2. The monoisotopic (exact) mass is 1180 g/mol. The average molecular weight is 1190 g/mol. The fourth-order valence-electron chi connectivity index (χ4n) is 8.87. The van der Waals surface area contributed by atoms with Crippen molar-refractivity contribution in [3.05, 3.63) is 0 Å². The maximum absolute atomic E-state index is 12.9. The van der Waals surface area contributed by atoms with Gasteiger partial charge in [-0.2, -0.15) is 0 Å². The highest BCUT2D eigenvalue weighted by Crippen LogP contribution is 2.45. The number of hydrogen-bond acceptors (Lipinski definition) is 15. The van der Waals surface area contributed by atoms with Gasteiger partial charge in [0.1, 0.15) is 19.3 Å². The third-order valence-corrected chi connectivity index (χ3v) is 16.1. The molecule has 0 saturated heterocycles. The van der Waals surface area contributed by atoms with Crippen LogP contribution in [0, 0.1) is 23.7 Å². The van der Waals surface area contributed by atoms with Crippen molar-refractivity contribution in [3.63, 3.8) is 0 Å². The summed E-state index contributed by atoms with van der Waals surface area (Å²) in [7, 11) is -9.88. The molecule has 0 aromatic carbocycles. The number of phosphoric ester groups is 2. The van der Waals surface area contributed by atoms with Crippen molar-refractivity contribution >= 4 is 39.5 Å². The van der Waals surface area contributed by atoms with Gasteiger partial charge in [-0.3, -0.25) is 37.3 Å². The highest BCUT2D eigenvalue weighted by Gasteiger charge is 2.30. The van der Waals surface area contributed by atoms with Crippen LogP contribution in [0.2, 0.25) is 0 Å². The molecule has 19 heteroatoms. The van der Waals surface area contributed by atoms with Crippen molar-refractivity contribution in [1.82, 2.24) is 0 Å². The quantitative estimate of drug-likeness (QED) is 0.0222. The lowest BCUT2D eigenvalue weighted by Crippen LogP contribution is -2.30. The summed E-state index contributed by atoms with van der Waals surface area (Å²) in [6.45, 7) is 13.8. The normalized spacial score (nSPS) is 14.9. The van der Waals surface area contributed by atoms with Gasteiger partial charge in [0.05, 0.1) is 26.4 Å². The van der Waals surface area contributed by atoms with E-state index in [0.29, 0.717) is 37.5 Å². The number of aliphatic hydroxyl groups excluding tert-OH is 1. The molecule has 0 aromatic heterocycles. The average Bonchev–Trinajstić information content (AvgIpc) is 3.40. The Kier molecular flexibility index (Phi) is 50.2. The van der Waals surface area contributed by atoms with Crippen molar-refractivity contribution in [3.8, 4) is 0 Å². The Balaban J connectivity index is 5.26. The second-order valence-corrected chi connectivity index (χ2v) is 26.7. The first kappa shape index (κ1) is 78.1. The van der Waals surface area contributed by atoms with E-state index in [0.717, 1.165) is 115 Å². The van der Waals surface area contributed by atoms with E-state index in [-0.39, 0.29) is 25.7 Å². The molecule has 3 unspecified atom stereocenters. The fraction of sp³-hybridized carbons (Fsp3) is 0.934. The molecular weight excluding hydrogens is 1070 g/mol. The van der Waals surface area contributed by atoms with Crippen molar-refractivity contribution in [1.29, 1.82) is 0 Å². The van der Waals surface area contributed by atoms with Crippen LogP contribution in [0.4, 0.5) is 0 Å². The summed E-state index contributed by atoms with van der Waals surface area (Å²) in [6.07, 6.45) is 29.7. The molecule has 474 valence electrons. The molecule has 17 nitrogen and oxygen atoms in total. The first-order chi connectivity index (χ1) is 38.1. The zero-order valence-corrected chi connectivity index (χ0v) is 53.5. The highest BCUT2D eigenvalue weighted by atomic mass is 31.2. The number of carbonyl (C=O) groups is 4. The van der Waals surface area contributed by atoms with Gasteiger partial charge in [0.15, 0.2) is 12.2 Å². The van der Waals surface area contributed by atoms with Crippen LogP contribution in [0.3, 0.4) is 0 Å². The van der Waals surface area contributed by atoms with Crippen LogP contribution in [0.5, 0.6) is 0 Å². The van der Waals surface area contributed by atoms with E-state index in [1.807, 2.05) is 0 Å². The molecule has 0 aliphatic carbocycles. The summed E-state index contributed by atoms with van der Waals surface area (Å²) < 4.78 is 67.8. The predicted octanol–water partition coefficient (Wildman–Crippen LogP) is 16.2. The Bertz CT molecular complexity index is 1610. The second-order valence-electron chi connectivity index (χ2n) is 23.8. The molecule has 0 rings (SSSR count). The minimum absolute atomic E-state index is 0.101. The maximum atomic E-state index is 12.9. The van der Waals surface area contributed by atoms with E-state index in [1.54, 1.807) is 0 Å². The summed E-state index contributed by atoms with van der Waals surface area (Å²) in [5.74, 6) is 0.676. The van der Waals surface area contributed by atoms with Crippen LogP contribution < -0.4 is 0 Å². The number of ether oxygens (including phenoxy) is 4. The molecule has 0 radical (unpaired) electrons. The zero-order valence-electron chi connectivity index (χ0n) is 51.7. The van der Waals surface area contributed by atoms with Gasteiger partial charge < -0.3 is 33.8 Å². The maximum Gasteiger partial charge on any atom is 0.472 e. The van der Waals surface area contributed by atoms with E-state index in [1.165, 1.54) is 77.0 Å². The van der Waals surface area contributed by atoms with E-state index < -0.39 is 97.5 Å². The molecule has 0 saturated carbocycles. The van der Waals surface area contributed by atoms with Crippen LogP contribution in [0.15, 0.2) is 0 Å². The molecule has 0 aliphatic rings. The van der Waals surface area contributed by atoms with Crippen LogP contribution in [0.1, 0.15) is 287 Å². The Hall–Kier alpha value is -1.94. The second kappa shape index (κ2) is 51.5. The molecular formula is C61H118O17P2. The lowest BCUT2D eigenvalue weighted by Gasteiger charge is -2.21. The topological polar surface area (TPSA) is 237 Å². The number of hydrogen-bond donors (Lipinski definition) is 3. The molecule has 3 N–H and O–H groups in total. The highest BCUT2D eigenvalue weighted by molar-refractivity contribution is 7.47. The van der Waals surface area contributed by atoms with Gasteiger partial charge in [-0.25, -0.2) is 9.13 Å². The lowest BCUT2D eigenvalue weighted by atomic mass is 10.00. The summed E-state index contributed by atoms with van der Waals surface area (Å²) >= 11 is 0. The van der Waals surface area contributed by atoms with Crippen molar-refractivity contribution in [2.24, 2.45) is 23.7 Å². The van der Waals surface area contributed by atoms with Gasteiger partial charge in [0, 0.05) is 25.7 Å². The Morgan fingerprint density at radius 1 is 0.350 bits per heavy atom. The molecule has 6 atom stereocenters.